The van der Waals surface area contributed by atoms with Crippen molar-refractivity contribution >= 4 is 23.4 Å². The summed E-state index contributed by atoms with van der Waals surface area (Å²) in [5.74, 6) is 1.14. The van der Waals surface area contributed by atoms with E-state index in [2.05, 4.69) is 10.6 Å². The molecule has 0 aliphatic heterocycles. The Morgan fingerprint density at radius 2 is 1.60 bits per heavy atom. The van der Waals surface area contributed by atoms with E-state index in [1.165, 1.54) is 52.7 Å². The predicted octanol–water partition coefficient (Wildman–Crippen LogP) is 2.87. The minimum atomic E-state index is -0.779. The average Bonchev–Trinajstić information content (AvgIpc) is 2.70. The Morgan fingerprint density at radius 1 is 1.03 bits per heavy atom. The largest absolute Gasteiger partial charge is 0.352 e. The van der Waals surface area contributed by atoms with Crippen LogP contribution in [0.3, 0.4) is 0 Å². The molecule has 4 fully saturated rings. The van der Waals surface area contributed by atoms with Gasteiger partial charge in [-0.25, -0.2) is 5.06 Å². The predicted molar refractivity (Wildman–Crippen MR) is 112 cm³/mol. The van der Waals surface area contributed by atoms with Gasteiger partial charge in [-0.1, -0.05) is 12.1 Å². The minimum absolute atomic E-state index is 0.141. The van der Waals surface area contributed by atoms with Gasteiger partial charge in [0.2, 0.25) is 5.91 Å². The molecule has 0 saturated heterocycles. The lowest BCUT2D eigenvalue weighted by atomic mass is 9.49. The Labute approximate surface area is 177 Å². The molecule has 7 nitrogen and oxygen atoms in total. The Kier molecular flexibility index (Phi) is 5.82. The van der Waals surface area contributed by atoms with Crippen LogP contribution in [0.15, 0.2) is 24.3 Å². The summed E-state index contributed by atoms with van der Waals surface area (Å²) in [4.78, 5) is 41.0. The van der Waals surface area contributed by atoms with Crippen LogP contribution in [0.2, 0.25) is 0 Å². The van der Waals surface area contributed by atoms with Gasteiger partial charge in [-0.2, -0.15) is 0 Å². The molecule has 5 rings (SSSR count). The number of likely N-dealkylation sites (N-methyl/N-ethyl adjacent to an activating group) is 1. The maximum atomic E-state index is 12.7. The van der Waals surface area contributed by atoms with Gasteiger partial charge in [-0.05, 0) is 79.4 Å². The number of carbonyl (C=O) groups excluding carboxylic acids is 3. The third-order valence-electron chi connectivity index (χ3n) is 7.16. The van der Waals surface area contributed by atoms with Gasteiger partial charge in [0.25, 0.3) is 0 Å². The van der Waals surface area contributed by atoms with Crippen LogP contribution in [0.25, 0.3) is 0 Å². The maximum Gasteiger partial charge on any atom is 0.335 e. The molecule has 0 unspecified atom stereocenters. The van der Waals surface area contributed by atoms with E-state index in [0.29, 0.717) is 18.7 Å². The third-order valence-corrected chi connectivity index (χ3v) is 7.16. The second kappa shape index (κ2) is 8.38. The molecule has 2 N–H and O–H groups in total. The van der Waals surface area contributed by atoms with Crippen molar-refractivity contribution in [3.8, 4) is 0 Å². The number of nitrogens with zero attached hydrogens (tertiary/aromatic N) is 1. The van der Waals surface area contributed by atoms with E-state index in [0.717, 1.165) is 28.4 Å². The van der Waals surface area contributed by atoms with E-state index < -0.39 is 11.8 Å². The molecule has 162 valence electrons. The molecule has 4 aliphatic rings. The first-order valence-electron chi connectivity index (χ1n) is 10.8. The van der Waals surface area contributed by atoms with Crippen LogP contribution in [0.1, 0.15) is 50.5 Å². The van der Waals surface area contributed by atoms with Crippen molar-refractivity contribution in [3.05, 3.63) is 29.8 Å². The van der Waals surface area contributed by atoms with Crippen molar-refractivity contribution in [1.29, 1.82) is 0 Å². The molecule has 4 saturated carbocycles. The third kappa shape index (κ3) is 4.51. The molecule has 3 amide bonds. The number of hydrogen-bond acceptors (Lipinski definition) is 4. The lowest BCUT2D eigenvalue weighted by Crippen LogP contribution is -2.47. The number of rotatable bonds is 6. The highest BCUT2D eigenvalue weighted by Crippen LogP contribution is 2.61. The number of nitrogens with one attached hydrogen (secondary N) is 2. The van der Waals surface area contributed by atoms with Crippen molar-refractivity contribution in [1.82, 2.24) is 10.4 Å². The van der Waals surface area contributed by atoms with Crippen molar-refractivity contribution in [2.24, 2.45) is 23.2 Å². The first-order chi connectivity index (χ1) is 14.4. The summed E-state index contributed by atoms with van der Waals surface area (Å²) < 4.78 is 0. The van der Waals surface area contributed by atoms with Crippen LogP contribution in [-0.4, -0.2) is 36.9 Å². The number of amides is 3. The molecular weight excluding hydrogens is 382 g/mol. The zero-order chi connectivity index (χ0) is 21.3. The average molecular weight is 414 g/mol. The fraction of sp³-hybridized carbons (Fsp3) is 0.609. The monoisotopic (exact) mass is 413 g/mol. The van der Waals surface area contributed by atoms with Gasteiger partial charge in [0, 0.05) is 25.7 Å². The Bertz CT molecular complexity index is 785. The molecule has 1 aromatic rings. The van der Waals surface area contributed by atoms with E-state index >= 15 is 0 Å². The molecule has 4 aliphatic carbocycles. The summed E-state index contributed by atoms with van der Waals surface area (Å²) in [5, 5.41) is 6.47. The van der Waals surface area contributed by atoms with Crippen LogP contribution < -0.4 is 10.6 Å². The number of anilines is 1. The fourth-order valence-corrected chi connectivity index (χ4v) is 6.23. The SMILES string of the molecule is CON(C)C(=O)C(=O)Nc1ccc(CNC(=O)CC23CC4CC(CC(C4)C2)C3)cc1. The second-order valence-corrected chi connectivity index (χ2v) is 9.51. The summed E-state index contributed by atoms with van der Waals surface area (Å²) in [5.41, 5.74) is 1.71. The summed E-state index contributed by atoms with van der Waals surface area (Å²) in [6.07, 6.45) is 8.51. The van der Waals surface area contributed by atoms with E-state index in [-0.39, 0.29) is 11.3 Å². The Hall–Kier alpha value is -2.41. The first-order valence-corrected chi connectivity index (χ1v) is 10.8. The van der Waals surface area contributed by atoms with E-state index in [9.17, 15) is 14.4 Å². The molecule has 0 aromatic heterocycles. The van der Waals surface area contributed by atoms with Gasteiger partial charge in [-0.15, -0.1) is 0 Å². The van der Waals surface area contributed by atoms with Gasteiger partial charge in [0.15, 0.2) is 0 Å². The molecule has 0 radical (unpaired) electrons. The smallest absolute Gasteiger partial charge is 0.335 e. The topological polar surface area (TPSA) is 87.7 Å². The summed E-state index contributed by atoms with van der Waals surface area (Å²) in [6.45, 7) is 0.463. The zero-order valence-electron chi connectivity index (χ0n) is 17.8. The number of carbonyl (C=O) groups is 3. The van der Waals surface area contributed by atoms with Crippen LogP contribution in [0.5, 0.6) is 0 Å². The van der Waals surface area contributed by atoms with Crippen LogP contribution in [-0.2, 0) is 25.8 Å². The molecule has 30 heavy (non-hydrogen) atoms. The lowest BCUT2D eigenvalue weighted by Gasteiger charge is -2.56. The Morgan fingerprint density at radius 3 is 2.13 bits per heavy atom. The molecule has 0 heterocycles. The maximum absolute atomic E-state index is 12.7. The molecular formula is C23H31N3O4. The summed E-state index contributed by atoms with van der Waals surface area (Å²) >= 11 is 0. The molecule has 0 spiro atoms. The van der Waals surface area contributed by atoms with Crippen LogP contribution in [0.4, 0.5) is 5.69 Å². The summed E-state index contributed by atoms with van der Waals surface area (Å²) in [7, 11) is 2.69. The van der Waals surface area contributed by atoms with Crippen molar-refractivity contribution in [2.75, 3.05) is 19.5 Å². The second-order valence-electron chi connectivity index (χ2n) is 9.51. The molecule has 0 atom stereocenters. The van der Waals surface area contributed by atoms with E-state index in [1.54, 1.807) is 12.1 Å². The standard InChI is InChI=1S/C23H31N3O4/c1-26(30-2)22(29)21(28)25-19-5-3-15(4-6-19)14-24-20(27)13-23-10-16-7-17(11-23)9-18(8-16)12-23/h3-6,16-18H,7-14H2,1-2H3,(H,24,27)(H,25,28). The first kappa shape index (κ1) is 20.8. The molecule has 7 heteroatoms. The number of benzene rings is 1. The van der Waals surface area contributed by atoms with Crippen LogP contribution >= 0.6 is 0 Å². The minimum Gasteiger partial charge on any atom is -0.352 e. The van der Waals surface area contributed by atoms with Crippen molar-refractivity contribution in [3.63, 3.8) is 0 Å². The van der Waals surface area contributed by atoms with Crippen LogP contribution in [0, 0.1) is 23.2 Å². The van der Waals surface area contributed by atoms with Gasteiger partial charge in [0.05, 0.1) is 7.11 Å². The van der Waals surface area contributed by atoms with Crippen molar-refractivity contribution < 1.29 is 19.2 Å². The zero-order valence-corrected chi connectivity index (χ0v) is 17.8. The van der Waals surface area contributed by atoms with Gasteiger partial charge in [0.1, 0.15) is 0 Å². The highest BCUT2D eigenvalue weighted by atomic mass is 16.7. The van der Waals surface area contributed by atoms with Gasteiger partial charge < -0.3 is 10.6 Å². The quantitative estimate of drug-likeness (QED) is 0.555. The van der Waals surface area contributed by atoms with Crippen molar-refractivity contribution in [2.45, 2.75) is 51.5 Å². The number of hydroxylamine groups is 2. The van der Waals surface area contributed by atoms with E-state index in [4.69, 9.17) is 4.84 Å². The van der Waals surface area contributed by atoms with Gasteiger partial charge >= 0.3 is 11.8 Å². The van der Waals surface area contributed by atoms with E-state index in [1.807, 2.05) is 12.1 Å². The lowest BCUT2D eigenvalue weighted by molar-refractivity contribution is -0.171. The number of hydrogen-bond donors (Lipinski definition) is 2. The molecule has 1 aromatic carbocycles. The highest BCUT2D eigenvalue weighted by molar-refractivity contribution is 6.39. The normalized spacial score (nSPS) is 28.8. The fourth-order valence-electron chi connectivity index (χ4n) is 6.23. The Balaban J connectivity index is 1.26. The highest BCUT2D eigenvalue weighted by Gasteiger charge is 2.51. The van der Waals surface area contributed by atoms with Gasteiger partial charge in [-0.3, -0.25) is 19.2 Å². The summed E-state index contributed by atoms with van der Waals surface area (Å²) in [6, 6.07) is 7.12. The molecule has 4 bridgehead atoms.